The molecule has 1 N–H and O–H groups in total. The van der Waals surface area contributed by atoms with Crippen LogP contribution in [0, 0.1) is 11.8 Å². The van der Waals surface area contributed by atoms with Crippen LogP contribution in [0.2, 0.25) is 0 Å². The van der Waals surface area contributed by atoms with Crippen LogP contribution in [-0.2, 0) is 0 Å². The third kappa shape index (κ3) is 2.16. The monoisotopic (exact) mass is 246 g/mol. The minimum Gasteiger partial charge on any atom is -0.373 e. The molecule has 0 amide bonds. The van der Waals surface area contributed by atoms with Gasteiger partial charge in [0, 0.05) is 32.1 Å². The van der Waals surface area contributed by atoms with Crippen molar-refractivity contribution in [3.8, 4) is 0 Å². The average molecular weight is 246 g/mol. The summed E-state index contributed by atoms with van der Waals surface area (Å²) in [7, 11) is 1.93. The fourth-order valence-corrected chi connectivity index (χ4v) is 2.58. The second-order valence-electron chi connectivity index (χ2n) is 5.85. The second kappa shape index (κ2) is 4.41. The van der Waals surface area contributed by atoms with E-state index in [4.69, 9.17) is 4.98 Å². The van der Waals surface area contributed by atoms with E-state index < -0.39 is 0 Å². The highest BCUT2D eigenvalue weighted by molar-refractivity contribution is 5.50. The number of nitrogens with one attached hydrogen (secondary N) is 1. The third-order valence-electron chi connectivity index (χ3n) is 4.24. The highest BCUT2D eigenvalue weighted by atomic mass is 15.2. The minimum absolute atomic E-state index is 0.606. The van der Waals surface area contributed by atoms with Crippen molar-refractivity contribution < 1.29 is 0 Å². The molecular formula is C14H22N4. The molecule has 2 unspecified atom stereocenters. The largest absolute Gasteiger partial charge is 0.373 e. The molecule has 2 aliphatic rings. The van der Waals surface area contributed by atoms with Crippen LogP contribution in [-0.4, -0.2) is 30.1 Å². The van der Waals surface area contributed by atoms with Crippen LogP contribution in [0.25, 0.3) is 0 Å². The standard InChI is InChI=1S/C14H22N4/c1-9-7-18(8-10(9)2)13-6-12(15-3)16-14(17-13)11-4-5-11/h6,9-11H,4-5,7-8H2,1-3H3,(H,15,16,17). The van der Waals surface area contributed by atoms with Gasteiger partial charge in [0.15, 0.2) is 0 Å². The van der Waals surface area contributed by atoms with E-state index in [1.54, 1.807) is 0 Å². The Morgan fingerprint density at radius 2 is 1.83 bits per heavy atom. The highest BCUT2D eigenvalue weighted by Crippen LogP contribution is 2.39. The predicted molar refractivity (Wildman–Crippen MR) is 74.1 cm³/mol. The second-order valence-corrected chi connectivity index (χ2v) is 5.85. The maximum atomic E-state index is 4.77. The Hall–Kier alpha value is -1.32. The Morgan fingerprint density at radius 1 is 1.17 bits per heavy atom. The van der Waals surface area contributed by atoms with Crippen molar-refractivity contribution in [2.24, 2.45) is 11.8 Å². The maximum absolute atomic E-state index is 4.77. The van der Waals surface area contributed by atoms with Gasteiger partial charge in [0.25, 0.3) is 0 Å². The molecule has 1 aromatic heterocycles. The highest BCUT2D eigenvalue weighted by Gasteiger charge is 2.30. The summed E-state index contributed by atoms with van der Waals surface area (Å²) in [6, 6.07) is 2.08. The Bertz CT molecular complexity index is 431. The minimum atomic E-state index is 0.606. The SMILES string of the molecule is CNc1cc(N2CC(C)C(C)C2)nc(C2CC2)n1. The number of hydrogen-bond acceptors (Lipinski definition) is 4. The molecule has 2 heterocycles. The van der Waals surface area contributed by atoms with Crippen molar-refractivity contribution in [2.45, 2.75) is 32.6 Å². The summed E-state index contributed by atoms with van der Waals surface area (Å²) in [5, 5.41) is 3.16. The fourth-order valence-electron chi connectivity index (χ4n) is 2.58. The van der Waals surface area contributed by atoms with Gasteiger partial charge in [-0.3, -0.25) is 0 Å². The van der Waals surface area contributed by atoms with Gasteiger partial charge < -0.3 is 10.2 Å². The molecule has 98 valence electrons. The molecule has 2 atom stereocenters. The summed E-state index contributed by atoms with van der Waals surface area (Å²) in [4.78, 5) is 11.8. The van der Waals surface area contributed by atoms with Crippen LogP contribution in [0.1, 0.15) is 38.4 Å². The number of aromatic nitrogens is 2. The summed E-state index contributed by atoms with van der Waals surface area (Å²) >= 11 is 0. The van der Waals surface area contributed by atoms with Gasteiger partial charge in [-0.15, -0.1) is 0 Å². The molecule has 0 radical (unpaired) electrons. The Morgan fingerprint density at radius 3 is 2.39 bits per heavy atom. The lowest BCUT2D eigenvalue weighted by atomic mass is 10.0. The van der Waals surface area contributed by atoms with E-state index >= 15 is 0 Å². The van der Waals surface area contributed by atoms with Crippen LogP contribution in [0.15, 0.2) is 6.07 Å². The first-order chi connectivity index (χ1) is 8.67. The van der Waals surface area contributed by atoms with E-state index in [0.29, 0.717) is 5.92 Å². The van der Waals surface area contributed by atoms with Crippen molar-refractivity contribution in [3.63, 3.8) is 0 Å². The van der Waals surface area contributed by atoms with Gasteiger partial charge in [-0.1, -0.05) is 13.8 Å². The molecule has 18 heavy (non-hydrogen) atoms. The van der Waals surface area contributed by atoms with Crippen LogP contribution < -0.4 is 10.2 Å². The van der Waals surface area contributed by atoms with Crippen molar-refractivity contribution in [1.29, 1.82) is 0 Å². The first kappa shape index (κ1) is 11.8. The van der Waals surface area contributed by atoms with E-state index in [1.807, 2.05) is 7.05 Å². The zero-order chi connectivity index (χ0) is 12.7. The zero-order valence-corrected chi connectivity index (χ0v) is 11.5. The quantitative estimate of drug-likeness (QED) is 0.889. The van der Waals surface area contributed by atoms with E-state index in [9.17, 15) is 0 Å². The van der Waals surface area contributed by atoms with Crippen LogP contribution in [0.5, 0.6) is 0 Å². The summed E-state index contributed by atoms with van der Waals surface area (Å²) in [5.74, 6) is 5.20. The fraction of sp³-hybridized carbons (Fsp3) is 0.714. The van der Waals surface area contributed by atoms with Crippen LogP contribution in [0.3, 0.4) is 0 Å². The van der Waals surface area contributed by atoms with Crippen LogP contribution >= 0.6 is 0 Å². The molecule has 0 spiro atoms. The van der Waals surface area contributed by atoms with Gasteiger partial charge in [-0.2, -0.15) is 0 Å². The summed E-state index contributed by atoms with van der Waals surface area (Å²) in [6.07, 6.45) is 2.50. The number of nitrogens with zero attached hydrogens (tertiary/aromatic N) is 3. The summed E-state index contributed by atoms with van der Waals surface area (Å²) in [6.45, 7) is 6.89. The molecule has 4 heteroatoms. The molecule has 0 bridgehead atoms. The molecule has 1 aromatic rings. The molecule has 1 saturated heterocycles. The molecule has 2 fully saturated rings. The van der Waals surface area contributed by atoms with Crippen molar-refractivity contribution in [1.82, 2.24) is 9.97 Å². The molecule has 3 rings (SSSR count). The topological polar surface area (TPSA) is 41.0 Å². The molecule has 1 aliphatic carbocycles. The van der Waals surface area contributed by atoms with Crippen molar-refractivity contribution in [2.75, 3.05) is 30.4 Å². The van der Waals surface area contributed by atoms with E-state index in [0.717, 1.165) is 42.4 Å². The molecule has 1 aliphatic heterocycles. The number of rotatable bonds is 3. The van der Waals surface area contributed by atoms with E-state index in [2.05, 4.69) is 35.1 Å². The van der Waals surface area contributed by atoms with Gasteiger partial charge in [0.05, 0.1) is 0 Å². The van der Waals surface area contributed by atoms with Crippen LogP contribution in [0.4, 0.5) is 11.6 Å². The number of hydrogen-bond donors (Lipinski definition) is 1. The van der Waals surface area contributed by atoms with E-state index in [1.165, 1.54) is 12.8 Å². The Labute approximate surface area is 109 Å². The summed E-state index contributed by atoms with van der Waals surface area (Å²) < 4.78 is 0. The lowest BCUT2D eigenvalue weighted by Crippen LogP contribution is -2.21. The molecule has 0 aromatic carbocycles. The van der Waals surface area contributed by atoms with E-state index in [-0.39, 0.29) is 0 Å². The van der Waals surface area contributed by atoms with Gasteiger partial charge in [0.2, 0.25) is 0 Å². The first-order valence-electron chi connectivity index (χ1n) is 6.99. The van der Waals surface area contributed by atoms with Crippen molar-refractivity contribution in [3.05, 3.63) is 11.9 Å². The predicted octanol–water partition coefficient (Wildman–Crippen LogP) is 2.49. The molecular weight excluding hydrogens is 224 g/mol. The first-order valence-corrected chi connectivity index (χ1v) is 6.99. The third-order valence-corrected chi connectivity index (χ3v) is 4.24. The lowest BCUT2D eigenvalue weighted by Gasteiger charge is -2.18. The normalized spacial score (nSPS) is 27.6. The van der Waals surface area contributed by atoms with Gasteiger partial charge in [-0.25, -0.2) is 9.97 Å². The average Bonchev–Trinajstić information content (AvgIpc) is 3.16. The maximum Gasteiger partial charge on any atom is 0.136 e. The van der Waals surface area contributed by atoms with Gasteiger partial charge >= 0.3 is 0 Å². The Balaban J connectivity index is 1.88. The molecule has 4 nitrogen and oxygen atoms in total. The van der Waals surface area contributed by atoms with Crippen molar-refractivity contribution >= 4 is 11.6 Å². The van der Waals surface area contributed by atoms with Gasteiger partial charge in [0.1, 0.15) is 17.5 Å². The van der Waals surface area contributed by atoms with Gasteiger partial charge in [-0.05, 0) is 24.7 Å². The summed E-state index contributed by atoms with van der Waals surface area (Å²) in [5.41, 5.74) is 0. The smallest absolute Gasteiger partial charge is 0.136 e. The lowest BCUT2D eigenvalue weighted by molar-refractivity contribution is 0.494. The zero-order valence-electron chi connectivity index (χ0n) is 11.5. The Kier molecular flexibility index (Phi) is 2.88. The molecule has 1 saturated carbocycles. The number of anilines is 2.